The van der Waals surface area contributed by atoms with Gasteiger partial charge in [0, 0.05) is 6.42 Å². The van der Waals surface area contributed by atoms with Gasteiger partial charge in [-0.2, -0.15) is 0 Å². The van der Waals surface area contributed by atoms with Crippen LogP contribution in [0.5, 0.6) is 0 Å². The lowest BCUT2D eigenvalue weighted by Gasteiger charge is -2.50. The first kappa shape index (κ1) is 8.44. The summed E-state index contributed by atoms with van der Waals surface area (Å²) >= 11 is 0. The highest BCUT2D eigenvalue weighted by atomic mass is 16.6. The average Bonchev–Trinajstić information content (AvgIpc) is 2.04. The van der Waals surface area contributed by atoms with Crippen LogP contribution >= 0.6 is 0 Å². The van der Waals surface area contributed by atoms with Crippen molar-refractivity contribution in [1.29, 1.82) is 0 Å². The van der Waals surface area contributed by atoms with Gasteiger partial charge in [0.05, 0.1) is 25.4 Å². The molecule has 0 spiro atoms. The van der Waals surface area contributed by atoms with Crippen LogP contribution in [0.1, 0.15) is 13.3 Å². The predicted octanol–water partition coefficient (Wildman–Crippen LogP) is -0.714. The van der Waals surface area contributed by atoms with Crippen LogP contribution < -0.4 is 0 Å². The van der Waals surface area contributed by atoms with Crippen LogP contribution in [0.15, 0.2) is 0 Å². The second-order valence-electron chi connectivity index (χ2n) is 3.71. The molecule has 12 heavy (non-hydrogen) atoms. The van der Waals surface area contributed by atoms with Gasteiger partial charge in [0.1, 0.15) is 11.7 Å². The fourth-order valence-electron chi connectivity index (χ4n) is 2.05. The molecule has 3 heterocycles. The van der Waals surface area contributed by atoms with E-state index in [1.165, 1.54) is 0 Å². The van der Waals surface area contributed by atoms with E-state index in [1.54, 1.807) is 0 Å². The Hall–Kier alpha value is -0.160. The largest absolute Gasteiger partial charge is 0.393 e. The number of hydrogen-bond donors (Lipinski definition) is 2. The first-order valence-electron chi connectivity index (χ1n) is 4.25. The minimum atomic E-state index is -0.645. The molecule has 2 N–H and O–H groups in total. The molecule has 4 atom stereocenters. The Balaban J connectivity index is 2.18. The van der Waals surface area contributed by atoms with Crippen molar-refractivity contribution in [2.75, 3.05) is 13.2 Å². The summed E-state index contributed by atoms with van der Waals surface area (Å²) in [6, 6.07) is 0. The lowest BCUT2D eigenvalue weighted by molar-refractivity contribution is -0.304. The van der Waals surface area contributed by atoms with E-state index in [-0.39, 0.29) is 18.8 Å². The molecule has 3 aliphatic heterocycles. The van der Waals surface area contributed by atoms with Crippen molar-refractivity contribution < 1.29 is 19.7 Å². The monoisotopic (exact) mass is 174 g/mol. The number of aliphatic hydroxyl groups excluding tert-OH is 2. The third kappa shape index (κ3) is 1.07. The summed E-state index contributed by atoms with van der Waals surface area (Å²) in [6.45, 7) is 2.17. The lowest BCUT2D eigenvalue weighted by Crippen LogP contribution is -2.64. The van der Waals surface area contributed by atoms with E-state index in [0.29, 0.717) is 13.0 Å². The van der Waals surface area contributed by atoms with E-state index in [9.17, 15) is 5.11 Å². The second-order valence-corrected chi connectivity index (χ2v) is 3.71. The molecule has 2 bridgehead atoms. The Kier molecular flexibility index (Phi) is 1.88. The van der Waals surface area contributed by atoms with Crippen LogP contribution in [-0.4, -0.2) is 47.3 Å². The molecule has 0 aromatic carbocycles. The molecule has 3 saturated heterocycles. The summed E-state index contributed by atoms with van der Waals surface area (Å²) in [5, 5.41) is 18.6. The van der Waals surface area contributed by atoms with E-state index in [2.05, 4.69) is 0 Å². The predicted molar refractivity (Wildman–Crippen MR) is 40.7 cm³/mol. The maximum atomic E-state index is 9.55. The second kappa shape index (κ2) is 2.67. The van der Waals surface area contributed by atoms with Gasteiger partial charge in [0.25, 0.3) is 0 Å². The number of ether oxygens (including phenoxy) is 2. The molecule has 0 aliphatic carbocycles. The van der Waals surface area contributed by atoms with Crippen molar-refractivity contribution in [1.82, 2.24) is 0 Å². The third-order valence-electron chi connectivity index (χ3n) is 2.69. The summed E-state index contributed by atoms with van der Waals surface area (Å²) < 4.78 is 10.9. The third-order valence-corrected chi connectivity index (χ3v) is 2.69. The Morgan fingerprint density at radius 1 is 1.58 bits per heavy atom. The van der Waals surface area contributed by atoms with Crippen molar-refractivity contribution in [2.24, 2.45) is 0 Å². The Bertz CT molecular complexity index is 170. The molecular formula is C8H14O4. The quantitative estimate of drug-likeness (QED) is 0.551. The zero-order chi connectivity index (χ0) is 8.77. The van der Waals surface area contributed by atoms with Gasteiger partial charge in [0.15, 0.2) is 0 Å². The van der Waals surface area contributed by atoms with Gasteiger partial charge in [-0.15, -0.1) is 0 Å². The fourth-order valence-corrected chi connectivity index (χ4v) is 2.05. The van der Waals surface area contributed by atoms with Crippen molar-refractivity contribution in [3.8, 4) is 0 Å². The van der Waals surface area contributed by atoms with Crippen molar-refractivity contribution >= 4 is 0 Å². The maximum absolute atomic E-state index is 9.55. The average molecular weight is 174 g/mol. The molecule has 0 radical (unpaired) electrons. The maximum Gasteiger partial charge on any atom is 0.117 e. The first-order chi connectivity index (χ1) is 5.67. The van der Waals surface area contributed by atoms with Gasteiger partial charge in [-0.3, -0.25) is 0 Å². The zero-order valence-corrected chi connectivity index (χ0v) is 7.06. The molecular weight excluding hydrogens is 160 g/mol. The zero-order valence-electron chi connectivity index (χ0n) is 7.06. The molecule has 0 aromatic heterocycles. The van der Waals surface area contributed by atoms with Gasteiger partial charge in [0.2, 0.25) is 0 Å². The van der Waals surface area contributed by atoms with Gasteiger partial charge < -0.3 is 19.7 Å². The summed E-state index contributed by atoms with van der Waals surface area (Å²) in [5.41, 5.74) is -0.645. The van der Waals surface area contributed by atoms with Gasteiger partial charge >= 0.3 is 0 Å². The highest BCUT2D eigenvalue weighted by molar-refractivity contribution is 4.98. The summed E-state index contributed by atoms with van der Waals surface area (Å²) in [5.74, 6) is 0. The first-order valence-corrected chi connectivity index (χ1v) is 4.25. The van der Waals surface area contributed by atoms with Crippen LogP contribution in [-0.2, 0) is 9.47 Å². The molecule has 3 rings (SSSR count). The van der Waals surface area contributed by atoms with E-state index in [4.69, 9.17) is 14.6 Å². The molecule has 4 heteroatoms. The Morgan fingerprint density at radius 3 is 2.83 bits per heavy atom. The molecule has 0 aromatic rings. The van der Waals surface area contributed by atoms with Crippen molar-refractivity contribution in [3.63, 3.8) is 0 Å². The Morgan fingerprint density at radius 2 is 2.33 bits per heavy atom. The Labute approximate surface area is 71.1 Å². The van der Waals surface area contributed by atoms with Crippen LogP contribution in [0, 0.1) is 0 Å². The van der Waals surface area contributed by atoms with Gasteiger partial charge in [-0.25, -0.2) is 0 Å². The number of aliphatic hydroxyl groups is 2. The topological polar surface area (TPSA) is 58.9 Å². The minimum Gasteiger partial charge on any atom is -0.393 e. The van der Waals surface area contributed by atoms with E-state index >= 15 is 0 Å². The van der Waals surface area contributed by atoms with Crippen LogP contribution in [0.3, 0.4) is 0 Å². The molecule has 3 fully saturated rings. The minimum absolute atomic E-state index is 0.0822. The highest BCUT2D eigenvalue weighted by Crippen LogP contribution is 2.36. The summed E-state index contributed by atoms with van der Waals surface area (Å²) in [7, 11) is 0. The van der Waals surface area contributed by atoms with E-state index < -0.39 is 11.7 Å². The fraction of sp³-hybridized carbons (Fsp3) is 1.00. The smallest absolute Gasteiger partial charge is 0.117 e. The van der Waals surface area contributed by atoms with Crippen LogP contribution in [0.25, 0.3) is 0 Å². The molecule has 0 amide bonds. The van der Waals surface area contributed by atoms with Crippen molar-refractivity contribution in [3.05, 3.63) is 0 Å². The van der Waals surface area contributed by atoms with Gasteiger partial charge in [-0.05, 0) is 6.92 Å². The lowest BCUT2D eigenvalue weighted by atomic mass is 9.86. The van der Waals surface area contributed by atoms with Crippen LogP contribution in [0.2, 0.25) is 0 Å². The van der Waals surface area contributed by atoms with E-state index in [0.717, 1.165) is 0 Å². The van der Waals surface area contributed by atoms with E-state index in [1.807, 2.05) is 6.92 Å². The SMILES string of the molecule is CC1OC2(CO)COC1C(O)C2. The number of rotatable bonds is 1. The normalized spacial score (nSPS) is 52.8. The molecule has 3 aliphatic rings. The molecule has 4 nitrogen and oxygen atoms in total. The molecule has 70 valence electrons. The molecule has 4 unspecified atom stereocenters. The van der Waals surface area contributed by atoms with Gasteiger partial charge in [-0.1, -0.05) is 0 Å². The highest BCUT2D eigenvalue weighted by Gasteiger charge is 2.50. The summed E-state index contributed by atoms with van der Waals surface area (Å²) in [4.78, 5) is 0. The van der Waals surface area contributed by atoms with Crippen LogP contribution in [0.4, 0.5) is 0 Å². The van der Waals surface area contributed by atoms with Crippen molar-refractivity contribution in [2.45, 2.75) is 37.3 Å². The summed E-state index contributed by atoms with van der Waals surface area (Å²) in [6.07, 6.45) is -0.332. The molecule has 0 saturated carbocycles. The standard InChI is InChI=1S/C8H14O4/c1-5-7-6(10)2-8(3-9,12-5)4-11-7/h5-7,9-10H,2-4H2,1H3. The number of hydrogen-bond acceptors (Lipinski definition) is 4. The number of fused-ring (bicyclic) bond motifs is 3.